The normalized spacial score (nSPS) is 15.9. The Morgan fingerprint density at radius 1 is 1.11 bits per heavy atom. The van der Waals surface area contributed by atoms with Crippen LogP contribution in [-0.4, -0.2) is 12.7 Å². The van der Waals surface area contributed by atoms with Gasteiger partial charge in [-0.15, -0.1) is 0 Å². The molecular weight excluding hydrogens is 238 g/mol. The van der Waals surface area contributed by atoms with Crippen molar-refractivity contribution in [1.29, 1.82) is 0 Å². The molecule has 102 valence electrons. The maximum absolute atomic E-state index is 11.6. The fraction of sp³-hybridized carbons (Fsp3) is 0.438. The van der Waals surface area contributed by atoms with Crippen LogP contribution in [0.3, 0.4) is 0 Å². The number of amides is 1. The van der Waals surface area contributed by atoms with E-state index in [0.29, 0.717) is 6.61 Å². The molecule has 0 aliphatic heterocycles. The molecule has 0 aromatic heterocycles. The zero-order valence-corrected chi connectivity index (χ0v) is 11.2. The molecule has 0 unspecified atom stereocenters. The number of anilines is 1. The molecule has 0 fully saturated rings. The van der Waals surface area contributed by atoms with Crippen molar-refractivity contribution in [3.05, 3.63) is 42.0 Å². The van der Waals surface area contributed by atoms with Gasteiger partial charge in [0.1, 0.15) is 6.61 Å². The van der Waals surface area contributed by atoms with Gasteiger partial charge in [-0.2, -0.15) is 0 Å². The van der Waals surface area contributed by atoms with Crippen molar-refractivity contribution in [3.8, 4) is 0 Å². The van der Waals surface area contributed by atoms with E-state index in [-0.39, 0.29) is 6.09 Å². The summed E-state index contributed by atoms with van der Waals surface area (Å²) in [4.78, 5) is 11.6. The summed E-state index contributed by atoms with van der Waals surface area (Å²) in [5, 5.41) is 2.72. The molecule has 19 heavy (non-hydrogen) atoms. The maximum Gasteiger partial charge on any atom is 0.411 e. The standard InChI is InChI=1S/C16H21NO2/c18-16(17-15-11-7-4-8-12-15)19-13-14-9-5-2-1-3-6-10-14/h4,7-9,11-12H,1-3,5-6,10,13H2,(H,17,18). The van der Waals surface area contributed by atoms with Crippen LogP contribution in [0.15, 0.2) is 42.0 Å². The molecule has 1 N–H and O–H groups in total. The molecule has 1 aliphatic carbocycles. The van der Waals surface area contributed by atoms with Gasteiger partial charge in [0.05, 0.1) is 0 Å². The molecule has 1 aromatic rings. The van der Waals surface area contributed by atoms with E-state index in [1.807, 2.05) is 30.3 Å². The molecule has 0 spiro atoms. The summed E-state index contributed by atoms with van der Waals surface area (Å²) in [5.74, 6) is 0. The average molecular weight is 259 g/mol. The first-order valence-corrected chi connectivity index (χ1v) is 7.01. The van der Waals surface area contributed by atoms with Crippen LogP contribution in [0.5, 0.6) is 0 Å². The number of allylic oxidation sites excluding steroid dienone is 1. The van der Waals surface area contributed by atoms with Crippen LogP contribution < -0.4 is 5.32 Å². The molecule has 1 amide bonds. The van der Waals surface area contributed by atoms with Gasteiger partial charge in [-0.1, -0.05) is 37.1 Å². The number of benzene rings is 1. The smallest absolute Gasteiger partial charge is 0.411 e. The number of carbonyl (C=O) groups excluding carboxylic acids is 1. The van der Waals surface area contributed by atoms with Gasteiger partial charge in [0.25, 0.3) is 0 Å². The van der Waals surface area contributed by atoms with E-state index in [4.69, 9.17) is 4.74 Å². The van der Waals surface area contributed by atoms with Crippen LogP contribution in [0.2, 0.25) is 0 Å². The highest BCUT2D eigenvalue weighted by Crippen LogP contribution is 2.17. The molecule has 0 saturated heterocycles. The molecular formula is C16H21NO2. The minimum atomic E-state index is -0.380. The zero-order valence-electron chi connectivity index (χ0n) is 11.2. The predicted octanol–water partition coefficient (Wildman–Crippen LogP) is 4.52. The summed E-state index contributed by atoms with van der Waals surface area (Å²) in [6.07, 6.45) is 9.07. The number of nitrogens with one attached hydrogen (secondary N) is 1. The van der Waals surface area contributed by atoms with Crippen LogP contribution in [0.1, 0.15) is 38.5 Å². The second kappa shape index (κ2) is 7.62. The third-order valence-electron chi connectivity index (χ3n) is 3.29. The van der Waals surface area contributed by atoms with Gasteiger partial charge < -0.3 is 4.74 Å². The molecule has 0 heterocycles. The summed E-state index contributed by atoms with van der Waals surface area (Å²) in [5.41, 5.74) is 2.02. The Morgan fingerprint density at radius 2 is 1.89 bits per heavy atom. The summed E-state index contributed by atoms with van der Waals surface area (Å²) >= 11 is 0. The van der Waals surface area contributed by atoms with Crippen LogP contribution in [0.25, 0.3) is 0 Å². The van der Waals surface area contributed by atoms with E-state index in [1.165, 1.54) is 31.3 Å². The van der Waals surface area contributed by atoms with Crippen LogP contribution in [0, 0.1) is 0 Å². The minimum Gasteiger partial charge on any atom is -0.445 e. The quantitative estimate of drug-likeness (QED) is 0.811. The lowest BCUT2D eigenvalue weighted by Gasteiger charge is -2.12. The topological polar surface area (TPSA) is 38.3 Å². The molecule has 3 nitrogen and oxygen atoms in total. The first-order valence-electron chi connectivity index (χ1n) is 7.01. The van der Waals surface area contributed by atoms with Crippen molar-refractivity contribution in [1.82, 2.24) is 0 Å². The number of para-hydroxylation sites is 1. The van der Waals surface area contributed by atoms with Crippen molar-refractivity contribution < 1.29 is 9.53 Å². The molecule has 2 rings (SSSR count). The summed E-state index contributed by atoms with van der Waals surface area (Å²) in [7, 11) is 0. The second-order valence-corrected chi connectivity index (χ2v) is 4.88. The molecule has 0 atom stereocenters. The molecule has 0 radical (unpaired) electrons. The highest BCUT2D eigenvalue weighted by atomic mass is 16.5. The fourth-order valence-electron chi connectivity index (χ4n) is 2.22. The number of ether oxygens (including phenoxy) is 1. The van der Waals surface area contributed by atoms with E-state index < -0.39 is 0 Å². The van der Waals surface area contributed by atoms with Crippen molar-refractivity contribution in [2.75, 3.05) is 11.9 Å². The lowest BCUT2D eigenvalue weighted by Crippen LogP contribution is -2.15. The number of carbonyl (C=O) groups is 1. The van der Waals surface area contributed by atoms with Crippen LogP contribution in [0.4, 0.5) is 10.5 Å². The first-order chi connectivity index (χ1) is 9.34. The van der Waals surface area contributed by atoms with Gasteiger partial charge in [-0.05, 0) is 43.4 Å². The summed E-state index contributed by atoms with van der Waals surface area (Å²) in [6, 6.07) is 9.36. The molecule has 1 aliphatic rings. The Labute approximate surface area is 114 Å². The van der Waals surface area contributed by atoms with Gasteiger partial charge in [-0.3, -0.25) is 5.32 Å². The van der Waals surface area contributed by atoms with Gasteiger partial charge in [-0.25, -0.2) is 4.79 Å². The number of hydrogen-bond donors (Lipinski definition) is 1. The Balaban J connectivity index is 1.76. The van der Waals surface area contributed by atoms with Gasteiger partial charge in [0.2, 0.25) is 0 Å². The molecule has 3 heteroatoms. The highest BCUT2D eigenvalue weighted by Gasteiger charge is 2.06. The Morgan fingerprint density at radius 3 is 2.74 bits per heavy atom. The third kappa shape index (κ3) is 5.16. The largest absolute Gasteiger partial charge is 0.445 e. The predicted molar refractivity (Wildman–Crippen MR) is 77.2 cm³/mol. The summed E-state index contributed by atoms with van der Waals surface area (Å²) in [6.45, 7) is 0.415. The van der Waals surface area contributed by atoms with E-state index in [9.17, 15) is 4.79 Å². The number of rotatable bonds is 3. The summed E-state index contributed by atoms with van der Waals surface area (Å²) < 4.78 is 5.26. The average Bonchev–Trinajstić information content (AvgIpc) is 2.38. The molecule has 1 aromatic carbocycles. The Kier molecular flexibility index (Phi) is 5.48. The number of hydrogen-bond acceptors (Lipinski definition) is 2. The van der Waals surface area contributed by atoms with E-state index in [2.05, 4.69) is 11.4 Å². The van der Waals surface area contributed by atoms with E-state index >= 15 is 0 Å². The second-order valence-electron chi connectivity index (χ2n) is 4.88. The Hall–Kier alpha value is -1.77. The molecule has 0 saturated carbocycles. The van der Waals surface area contributed by atoms with Crippen molar-refractivity contribution >= 4 is 11.8 Å². The maximum atomic E-state index is 11.6. The SMILES string of the molecule is O=C(Nc1ccccc1)OCC1=CCCCCCC1. The Bertz CT molecular complexity index is 426. The van der Waals surface area contributed by atoms with E-state index in [0.717, 1.165) is 18.5 Å². The van der Waals surface area contributed by atoms with Crippen LogP contribution >= 0.6 is 0 Å². The van der Waals surface area contributed by atoms with Crippen molar-refractivity contribution in [3.63, 3.8) is 0 Å². The van der Waals surface area contributed by atoms with Gasteiger partial charge in [0.15, 0.2) is 0 Å². The monoisotopic (exact) mass is 259 g/mol. The van der Waals surface area contributed by atoms with Crippen molar-refractivity contribution in [2.45, 2.75) is 38.5 Å². The lowest BCUT2D eigenvalue weighted by atomic mass is 10.0. The van der Waals surface area contributed by atoms with Crippen molar-refractivity contribution in [2.24, 2.45) is 0 Å². The van der Waals surface area contributed by atoms with Gasteiger partial charge in [0, 0.05) is 5.69 Å². The first kappa shape index (κ1) is 13.7. The highest BCUT2D eigenvalue weighted by molar-refractivity contribution is 5.84. The van der Waals surface area contributed by atoms with E-state index in [1.54, 1.807) is 0 Å². The van der Waals surface area contributed by atoms with Crippen LogP contribution in [-0.2, 0) is 4.74 Å². The zero-order chi connectivity index (χ0) is 13.3. The van der Waals surface area contributed by atoms with Gasteiger partial charge >= 0.3 is 6.09 Å². The third-order valence-corrected chi connectivity index (χ3v) is 3.29. The minimum absolute atomic E-state index is 0.380. The lowest BCUT2D eigenvalue weighted by molar-refractivity contribution is 0.170. The fourth-order valence-corrected chi connectivity index (χ4v) is 2.22. The molecule has 0 bridgehead atoms.